The van der Waals surface area contributed by atoms with Crippen LogP contribution in [0.4, 0.5) is 0 Å². The fourth-order valence-electron chi connectivity index (χ4n) is 3.75. The Morgan fingerprint density at radius 1 is 1.22 bits per heavy atom. The van der Waals surface area contributed by atoms with E-state index >= 15 is 0 Å². The molecule has 1 aliphatic carbocycles. The molecule has 1 aliphatic heterocycles. The van der Waals surface area contributed by atoms with Gasteiger partial charge in [0, 0.05) is 19.1 Å². The molecule has 2 heteroatoms. The van der Waals surface area contributed by atoms with Crippen molar-refractivity contribution in [2.45, 2.75) is 71.3 Å². The van der Waals surface area contributed by atoms with Crippen LogP contribution in [0.1, 0.15) is 65.2 Å². The van der Waals surface area contributed by atoms with Crippen LogP contribution in [-0.4, -0.2) is 25.7 Å². The topological polar surface area (TPSA) is 24.1 Å². The molecule has 2 N–H and O–H groups in total. The zero-order chi connectivity index (χ0) is 12.8. The molecular formula is C16H32N2. The smallest absolute Gasteiger partial charge is 0.0195 e. The summed E-state index contributed by atoms with van der Waals surface area (Å²) < 4.78 is 0. The van der Waals surface area contributed by atoms with Crippen molar-refractivity contribution >= 4 is 0 Å². The predicted molar refractivity (Wildman–Crippen MR) is 78.9 cm³/mol. The second kappa shape index (κ2) is 6.91. The maximum atomic E-state index is 3.75. The van der Waals surface area contributed by atoms with Crippen molar-refractivity contribution in [1.82, 2.24) is 10.6 Å². The van der Waals surface area contributed by atoms with E-state index in [0.717, 1.165) is 12.0 Å². The second-order valence-corrected chi connectivity index (χ2v) is 6.95. The molecule has 106 valence electrons. The minimum atomic E-state index is 0.580. The van der Waals surface area contributed by atoms with Crippen LogP contribution in [0.25, 0.3) is 0 Å². The lowest BCUT2D eigenvalue weighted by molar-refractivity contribution is 0.200. The van der Waals surface area contributed by atoms with Crippen molar-refractivity contribution in [3.63, 3.8) is 0 Å². The summed E-state index contributed by atoms with van der Waals surface area (Å²) in [4.78, 5) is 0. The third-order valence-corrected chi connectivity index (χ3v) is 5.18. The van der Waals surface area contributed by atoms with E-state index in [1.54, 1.807) is 0 Å². The Morgan fingerprint density at radius 2 is 2.00 bits per heavy atom. The Labute approximate surface area is 113 Å². The third-order valence-electron chi connectivity index (χ3n) is 5.18. The zero-order valence-electron chi connectivity index (χ0n) is 12.4. The lowest BCUT2D eigenvalue weighted by Gasteiger charge is -2.35. The van der Waals surface area contributed by atoms with Gasteiger partial charge in [0.15, 0.2) is 0 Å². The van der Waals surface area contributed by atoms with Gasteiger partial charge in [-0.15, -0.1) is 0 Å². The number of hydrogen-bond acceptors (Lipinski definition) is 2. The summed E-state index contributed by atoms with van der Waals surface area (Å²) in [6.45, 7) is 8.43. The van der Waals surface area contributed by atoms with Crippen molar-refractivity contribution in [2.75, 3.05) is 19.6 Å². The number of piperidine rings is 1. The molecule has 0 bridgehead atoms. The van der Waals surface area contributed by atoms with Crippen molar-refractivity contribution in [3.05, 3.63) is 0 Å². The minimum absolute atomic E-state index is 0.580. The molecule has 1 saturated carbocycles. The molecule has 2 atom stereocenters. The quantitative estimate of drug-likeness (QED) is 0.784. The summed E-state index contributed by atoms with van der Waals surface area (Å²) in [5.41, 5.74) is 0.580. The van der Waals surface area contributed by atoms with Gasteiger partial charge < -0.3 is 10.6 Å². The van der Waals surface area contributed by atoms with Gasteiger partial charge in [-0.2, -0.15) is 0 Å². The first-order valence-electron chi connectivity index (χ1n) is 8.16. The van der Waals surface area contributed by atoms with Gasteiger partial charge in [0.05, 0.1) is 0 Å². The molecule has 0 aromatic carbocycles. The molecule has 0 radical (unpaired) electrons. The van der Waals surface area contributed by atoms with E-state index in [-0.39, 0.29) is 0 Å². The SMILES string of the molecule is CCC1CCNC(CNCC2(C)CCCCC2)C1. The van der Waals surface area contributed by atoms with Crippen molar-refractivity contribution in [3.8, 4) is 0 Å². The minimum Gasteiger partial charge on any atom is -0.315 e. The van der Waals surface area contributed by atoms with E-state index in [9.17, 15) is 0 Å². The summed E-state index contributed by atoms with van der Waals surface area (Å²) in [6.07, 6.45) is 11.3. The highest BCUT2D eigenvalue weighted by Crippen LogP contribution is 2.34. The average molecular weight is 252 g/mol. The van der Waals surface area contributed by atoms with E-state index in [1.807, 2.05) is 0 Å². The van der Waals surface area contributed by atoms with E-state index in [2.05, 4.69) is 24.5 Å². The Kier molecular flexibility index (Phi) is 5.50. The summed E-state index contributed by atoms with van der Waals surface area (Å²) in [7, 11) is 0. The molecule has 2 rings (SSSR count). The number of hydrogen-bond donors (Lipinski definition) is 2. The summed E-state index contributed by atoms with van der Waals surface area (Å²) in [5.74, 6) is 0.961. The fourth-order valence-corrected chi connectivity index (χ4v) is 3.75. The van der Waals surface area contributed by atoms with Gasteiger partial charge in [0.1, 0.15) is 0 Å². The molecule has 18 heavy (non-hydrogen) atoms. The predicted octanol–water partition coefficient (Wildman–Crippen LogP) is 3.32. The molecule has 0 amide bonds. The second-order valence-electron chi connectivity index (χ2n) is 6.95. The van der Waals surface area contributed by atoms with Crippen LogP contribution in [0.3, 0.4) is 0 Å². The Bertz CT molecular complexity index is 233. The van der Waals surface area contributed by atoms with Gasteiger partial charge in [-0.3, -0.25) is 0 Å². The van der Waals surface area contributed by atoms with Gasteiger partial charge in [0.25, 0.3) is 0 Å². The zero-order valence-corrected chi connectivity index (χ0v) is 12.4. The van der Waals surface area contributed by atoms with Gasteiger partial charge in [-0.25, -0.2) is 0 Å². The molecule has 0 spiro atoms. The maximum absolute atomic E-state index is 3.75. The van der Waals surface area contributed by atoms with E-state index < -0.39 is 0 Å². The summed E-state index contributed by atoms with van der Waals surface area (Å²) >= 11 is 0. The van der Waals surface area contributed by atoms with Gasteiger partial charge in [-0.05, 0) is 43.6 Å². The summed E-state index contributed by atoms with van der Waals surface area (Å²) in [5, 5.41) is 7.42. The van der Waals surface area contributed by atoms with Gasteiger partial charge >= 0.3 is 0 Å². The van der Waals surface area contributed by atoms with Crippen molar-refractivity contribution in [1.29, 1.82) is 0 Å². The Morgan fingerprint density at radius 3 is 2.72 bits per heavy atom. The monoisotopic (exact) mass is 252 g/mol. The molecule has 2 aliphatic rings. The van der Waals surface area contributed by atoms with Crippen molar-refractivity contribution < 1.29 is 0 Å². The standard InChI is InChI=1S/C16H32N2/c1-3-14-7-10-18-15(11-14)12-17-13-16(2)8-5-4-6-9-16/h14-15,17-18H,3-13H2,1-2H3. The van der Waals surface area contributed by atoms with Gasteiger partial charge in [0.2, 0.25) is 0 Å². The number of rotatable bonds is 5. The molecule has 2 unspecified atom stereocenters. The molecular weight excluding hydrogens is 220 g/mol. The highest BCUT2D eigenvalue weighted by atomic mass is 15.0. The highest BCUT2D eigenvalue weighted by molar-refractivity contribution is 4.83. The number of nitrogens with one attached hydrogen (secondary N) is 2. The van der Waals surface area contributed by atoms with Gasteiger partial charge in [-0.1, -0.05) is 39.5 Å². The molecule has 0 aromatic rings. The van der Waals surface area contributed by atoms with Crippen LogP contribution in [0.15, 0.2) is 0 Å². The normalized spacial score (nSPS) is 32.3. The largest absolute Gasteiger partial charge is 0.315 e. The van der Waals surface area contributed by atoms with E-state index in [1.165, 1.54) is 71.0 Å². The maximum Gasteiger partial charge on any atom is 0.0195 e. The van der Waals surface area contributed by atoms with E-state index in [4.69, 9.17) is 0 Å². The molecule has 1 saturated heterocycles. The molecule has 0 aromatic heterocycles. The first-order chi connectivity index (χ1) is 8.72. The third kappa shape index (κ3) is 4.24. The van der Waals surface area contributed by atoms with Crippen LogP contribution in [0.2, 0.25) is 0 Å². The highest BCUT2D eigenvalue weighted by Gasteiger charge is 2.27. The van der Waals surface area contributed by atoms with Crippen LogP contribution >= 0.6 is 0 Å². The summed E-state index contributed by atoms with van der Waals surface area (Å²) in [6, 6.07) is 0.718. The fraction of sp³-hybridized carbons (Fsp3) is 1.00. The van der Waals surface area contributed by atoms with Crippen molar-refractivity contribution in [2.24, 2.45) is 11.3 Å². The first kappa shape index (κ1) is 14.3. The molecule has 2 nitrogen and oxygen atoms in total. The van der Waals surface area contributed by atoms with Crippen LogP contribution in [0.5, 0.6) is 0 Å². The first-order valence-corrected chi connectivity index (χ1v) is 8.16. The average Bonchev–Trinajstić information content (AvgIpc) is 2.40. The van der Waals surface area contributed by atoms with Crippen LogP contribution in [0, 0.1) is 11.3 Å². The lowest BCUT2D eigenvalue weighted by atomic mass is 9.75. The van der Waals surface area contributed by atoms with Crippen LogP contribution in [-0.2, 0) is 0 Å². The lowest BCUT2D eigenvalue weighted by Crippen LogP contribution is -2.46. The molecule has 1 heterocycles. The Balaban J connectivity index is 1.65. The van der Waals surface area contributed by atoms with Crippen LogP contribution < -0.4 is 10.6 Å². The van der Waals surface area contributed by atoms with E-state index in [0.29, 0.717) is 5.41 Å². The molecule has 2 fully saturated rings. The Hall–Kier alpha value is -0.0800.